The zero-order valence-electron chi connectivity index (χ0n) is 23.9. The number of likely N-dealkylation sites (N-methyl/N-ethyl adjacent to an activating group) is 2. The minimum atomic E-state index is 0.795. The standard InChI is InChI=1S/C27H48N10/c1-7-34(8-2)15-17-36(22-26-28-11-13-32(26)5)20-24-19-25(31-30-24)21-37(18-16-35(9-3)10-4)23-27-29-12-14-33(27)6/h11-14,19H,7-10,15-18,20-23H2,1-6H3,(H,30,31). The molecule has 0 unspecified atom stereocenters. The fourth-order valence-corrected chi connectivity index (χ4v) is 4.61. The van der Waals surface area contributed by atoms with Gasteiger partial charge in [-0.3, -0.25) is 14.9 Å². The molecule has 37 heavy (non-hydrogen) atoms. The first kappa shape index (κ1) is 29.0. The number of aryl methyl sites for hydroxylation is 2. The molecular weight excluding hydrogens is 464 g/mol. The lowest BCUT2D eigenvalue weighted by Crippen LogP contribution is -2.35. The molecule has 0 aliphatic rings. The Bertz CT molecular complexity index is 935. The summed E-state index contributed by atoms with van der Waals surface area (Å²) in [7, 11) is 4.12. The van der Waals surface area contributed by atoms with Crippen LogP contribution in [0.1, 0.15) is 50.7 Å². The molecule has 0 amide bonds. The summed E-state index contributed by atoms with van der Waals surface area (Å²) in [5, 5.41) is 8.02. The van der Waals surface area contributed by atoms with Gasteiger partial charge in [0.1, 0.15) is 11.6 Å². The third-order valence-electron chi connectivity index (χ3n) is 7.29. The average Bonchev–Trinajstić information content (AvgIpc) is 3.62. The normalized spacial score (nSPS) is 12.2. The molecule has 0 atom stereocenters. The van der Waals surface area contributed by atoms with Gasteiger partial charge < -0.3 is 18.9 Å². The SMILES string of the molecule is CCN(CC)CCN(Cc1cc(CN(CCN(CC)CC)Cc2nccn2C)[nH]n1)Cc1nccn1C. The molecule has 0 aliphatic carbocycles. The van der Waals surface area contributed by atoms with Crippen molar-refractivity contribution < 1.29 is 0 Å². The Balaban J connectivity index is 1.67. The van der Waals surface area contributed by atoms with Gasteiger partial charge in [0.2, 0.25) is 0 Å². The highest BCUT2D eigenvalue weighted by molar-refractivity contribution is 5.09. The maximum absolute atomic E-state index is 4.70. The smallest absolute Gasteiger partial charge is 0.122 e. The van der Waals surface area contributed by atoms with E-state index in [0.29, 0.717) is 0 Å². The van der Waals surface area contributed by atoms with Gasteiger partial charge in [-0.25, -0.2) is 9.97 Å². The second-order valence-electron chi connectivity index (χ2n) is 9.77. The van der Waals surface area contributed by atoms with Crippen LogP contribution in [0.4, 0.5) is 0 Å². The second-order valence-corrected chi connectivity index (χ2v) is 9.77. The van der Waals surface area contributed by atoms with Crippen LogP contribution in [-0.4, -0.2) is 101 Å². The summed E-state index contributed by atoms with van der Waals surface area (Å²) in [6, 6.07) is 2.23. The minimum Gasteiger partial charge on any atom is -0.337 e. The number of hydrogen-bond acceptors (Lipinski definition) is 7. The maximum atomic E-state index is 4.70. The molecule has 10 nitrogen and oxygen atoms in total. The van der Waals surface area contributed by atoms with Crippen molar-refractivity contribution in [3.05, 3.63) is 53.9 Å². The molecule has 0 aliphatic heterocycles. The van der Waals surface area contributed by atoms with Gasteiger partial charge in [-0.2, -0.15) is 5.10 Å². The van der Waals surface area contributed by atoms with Crippen LogP contribution < -0.4 is 0 Å². The van der Waals surface area contributed by atoms with E-state index in [1.54, 1.807) is 0 Å². The zero-order chi connectivity index (χ0) is 26.6. The number of aromatic nitrogens is 6. The largest absolute Gasteiger partial charge is 0.337 e. The lowest BCUT2D eigenvalue weighted by molar-refractivity contribution is 0.195. The van der Waals surface area contributed by atoms with Gasteiger partial charge in [-0.05, 0) is 32.2 Å². The number of nitrogens with zero attached hydrogens (tertiary/aromatic N) is 9. The lowest BCUT2D eigenvalue weighted by Gasteiger charge is -2.26. The quantitative estimate of drug-likeness (QED) is 0.281. The Morgan fingerprint density at radius 3 is 1.54 bits per heavy atom. The number of imidazole rings is 2. The molecule has 3 aromatic heterocycles. The summed E-state index contributed by atoms with van der Waals surface area (Å²) in [5.41, 5.74) is 2.22. The third-order valence-corrected chi connectivity index (χ3v) is 7.29. The first-order valence-corrected chi connectivity index (χ1v) is 13.8. The molecule has 0 saturated carbocycles. The minimum absolute atomic E-state index is 0.795. The lowest BCUT2D eigenvalue weighted by atomic mass is 10.3. The molecule has 0 fully saturated rings. The van der Waals surface area contributed by atoms with Gasteiger partial charge >= 0.3 is 0 Å². The molecule has 0 spiro atoms. The summed E-state index contributed by atoms with van der Waals surface area (Å²) >= 11 is 0. The van der Waals surface area contributed by atoms with Crippen LogP contribution >= 0.6 is 0 Å². The number of rotatable bonds is 18. The van der Waals surface area contributed by atoms with Crippen molar-refractivity contribution in [3.8, 4) is 0 Å². The van der Waals surface area contributed by atoms with Crippen molar-refractivity contribution in [2.75, 3.05) is 52.4 Å². The Hall–Kier alpha value is -2.53. The number of hydrogen-bond donors (Lipinski definition) is 1. The van der Waals surface area contributed by atoms with Crippen LogP contribution in [-0.2, 0) is 40.3 Å². The van der Waals surface area contributed by atoms with E-state index < -0.39 is 0 Å². The highest BCUT2D eigenvalue weighted by Gasteiger charge is 2.16. The zero-order valence-corrected chi connectivity index (χ0v) is 23.9. The molecule has 0 saturated heterocycles. The number of aromatic amines is 1. The monoisotopic (exact) mass is 512 g/mol. The van der Waals surface area contributed by atoms with Crippen LogP contribution in [0.25, 0.3) is 0 Å². The summed E-state index contributed by atoms with van der Waals surface area (Å²) in [6.07, 6.45) is 7.78. The molecule has 0 aromatic carbocycles. The van der Waals surface area contributed by atoms with Gasteiger partial charge in [0.15, 0.2) is 0 Å². The van der Waals surface area contributed by atoms with E-state index in [-0.39, 0.29) is 0 Å². The molecule has 10 heteroatoms. The summed E-state index contributed by atoms with van der Waals surface area (Å²) < 4.78 is 4.21. The summed E-state index contributed by atoms with van der Waals surface area (Å²) in [5.74, 6) is 2.16. The van der Waals surface area contributed by atoms with E-state index >= 15 is 0 Å². The Morgan fingerprint density at radius 2 is 1.11 bits per heavy atom. The van der Waals surface area contributed by atoms with Crippen molar-refractivity contribution >= 4 is 0 Å². The van der Waals surface area contributed by atoms with Crippen molar-refractivity contribution in [2.24, 2.45) is 14.1 Å². The molecule has 1 N–H and O–H groups in total. The number of nitrogens with one attached hydrogen (secondary N) is 1. The molecule has 0 bridgehead atoms. The molecule has 3 heterocycles. The van der Waals surface area contributed by atoms with E-state index in [9.17, 15) is 0 Å². The van der Waals surface area contributed by atoms with Crippen LogP contribution in [0.15, 0.2) is 30.9 Å². The molecule has 0 radical (unpaired) electrons. The van der Waals surface area contributed by atoms with Gasteiger partial charge in [0.05, 0.1) is 18.8 Å². The van der Waals surface area contributed by atoms with E-state index in [0.717, 1.165) is 102 Å². The topological polar surface area (TPSA) is 77.3 Å². The van der Waals surface area contributed by atoms with Crippen LogP contribution in [0.3, 0.4) is 0 Å². The highest BCUT2D eigenvalue weighted by atomic mass is 15.3. The Labute approximate surface area is 223 Å². The van der Waals surface area contributed by atoms with Crippen molar-refractivity contribution in [3.63, 3.8) is 0 Å². The molecule has 3 rings (SSSR count). The predicted molar refractivity (Wildman–Crippen MR) is 149 cm³/mol. The molecule has 206 valence electrons. The van der Waals surface area contributed by atoms with Crippen molar-refractivity contribution in [2.45, 2.75) is 53.9 Å². The van der Waals surface area contributed by atoms with Gasteiger partial charge in [-0.1, -0.05) is 27.7 Å². The number of H-pyrrole nitrogens is 1. The van der Waals surface area contributed by atoms with Crippen molar-refractivity contribution in [1.82, 2.24) is 48.9 Å². The first-order chi connectivity index (χ1) is 17.9. The van der Waals surface area contributed by atoms with Crippen molar-refractivity contribution in [1.29, 1.82) is 0 Å². The fourth-order valence-electron chi connectivity index (χ4n) is 4.61. The van der Waals surface area contributed by atoms with E-state index in [4.69, 9.17) is 5.10 Å². The predicted octanol–water partition coefficient (Wildman–Crippen LogP) is 2.56. The van der Waals surface area contributed by atoms with Crippen LogP contribution in [0, 0.1) is 0 Å². The van der Waals surface area contributed by atoms with E-state index in [1.165, 1.54) is 0 Å². The highest BCUT2D eigenvalue weighted by Crippen LogP contribution is 2.12. The van der Waals surface area contributed by atoms with Gasteiger partial charge in [0, 0.05) is 83.8 Å². The molecular formula is C27H48N10. The second kappa shape index (κ2) is 15.0. The first-order valence-electron chi connectivity index (χ1n) is 13.8. The molecule has 3 aromatic rings. The summed E-state index contributed by atoms with van der Waals surface area (Å²) in [4.78, 5) is 19.0. The van der Waals surface area contributed by atoms with Crippen LogP contribution in [0.2, 0.25) is 0 Å². The fraction of sp³-hybridized carbons (Fsp3) is 0.667. The van der Waals surface area contributed by atoms with E-state index in [2.05, 4.69) is 91.7 Å². The average molecular weight is 513 g/mol. The summed E-state index contributed by atoms with van der Waals surface area (Å²) in [6.45, 7) is 20.5. The van der Waals surface area contributed by atoms with E-state index in [1.807, 2.05) is 24.8 Å². The Kier molecular flexibility index (Phi) is 11.8. The van der Waals surface area contributed by atoms with Gasteiger partial charge in [0.25, 0.3) is 0 Å². The third kappa shape index (κ3) is 9.07. The Morgan fingerprint density at radius 1 is 0.649 bits per heavy atom. The van der Waals surface area contributed by atoms with Crippen LogP contribution in [0.5, 0.6) is 0 Å². The van der Waals surface area contributed by atoms with Gasteiger partial charge in [-0.15, -0.1) is 0 Å². The maximum Gasteiger partial charge on any atom is 0.122 e.